The smallest absolute Gasteiger partial charge is 0.0577 e. The summed E-state index contributed by atoms with van der Waals surface area (Å²) in [6.07, 6.45) is 0. The van der Waals surface area contributed by atoms with E-state index in [-0.39, 0.29) is 12.0 Å². The first-order chi connectivity index (χ1) is 6.63. The highest BCUT2D eigenvalue weighted by atomic mass is 35.5. The van der Waals surface area contributed by atoms with Crippen molar-refractivity contribution in [1.82, 2.24) is 0 Å². The van der Waals surface area contributed by atoms with Crippen molar-refractivity contribution < 1.29 is 5.11 Å². The number of alkyl halides is 1. The van der Waals surface area contributed by atoms with Gasteiger partial charge in [0, 0.05) is 12.2 Å². The number of rotatable bonds is 2. The molecule has 4 heteroatoms. The number of aliphatic hydroxyl groups is 1. The first kappa shape index (κ1) is 13.2. The van der Waals surface area contributed by atoms with E-state index in [1.807, 2.05) is 31.2 Å². The molecule has 0 amide bonds. The maximum absolute atomic E-state index is 7.75. The maximum atomic E-state index is 7.75. The van der Waals surface area contributed by atoms with Crippen LogP contribution in [-0.2, 0) is 0 Å². The first-order valence-corrected chi connectivity index (χ1v) is 4.86. The van der Waals surface area contributed by atoms with Crippen molar-refractivity contribution in [1.29, 1.82) is 0 Å². The third-order valence-corrected chi connectivity index (χ3v) is 1.79. The van der Waals surface area contributed by atoms with Crippen LogP contribution in [0.5, 0.6) is 0 Å². The molecule has 0 radical (unpaired) electrons. The molecular formula is C10H17ClN2O. The summed E-state index contributed by atoms with van der Waals surface area (Å²) in [6, 6.07) is 7.63. The molecule has 1 unspecified atom stereocenters. The number of para-hydroxylation sites is 1. The molecule has 0 spiro atoms. The topological polar surface area (TPSA) is 72.3 Å². The van der Waals surface area contributed by atoms with E-state index in [0.29, 0.717) is 6.54 Å². The lowest BCUT2D eigenvalue weighted by molar-refractivity contribution is 0.306. The lowest BCUT2D eigenvalue weighted by Crippen LogP contribution is -2.02. The van der Waals surface area contributed by atoms with Crippen molar-refractivity contribution in [3.05, 3.63) is 29.8 Å². The molecule has 0 saturated carbocycles. The maximum Gasteiger partial charge on any atom is 0.0577 e. The van der Waals surface area contributed by atoms with Crippen molar-refractivity contribution in [2.45, 2.75) is 12.3 Å². The van der Waals surface area contributed by atoms with Crippen LogP contribution in [0.1, 0.15) is 17.9 Å². The molecule has 1 aromatic carbocycles. The van der Waals surface area contributed by atoms with E-state index in [9.17, 15) is 0 Å². The molecule has 1 rings (SSSR count). The van der Waals surface area contributed by atoms with Gasteiger partial charge in [-0.3, -0.25) is 0 Å². The molecule has 0 saturated heterocycles. The van der Waals surface area contributed by atoms with Gasteiger partial charge in [-0.15, -0.1) is 11.6 Å². The fourth-order valence-corrected chi connectivity index (χ4v) is 1.07. The van der Waals surface area contributed by atoms with Crippen LogP contribution >= 0.6 is 11.6 Å². The van der Waals surface area contributed by atoms with Crippen molar-refractivity contribution in [3.63, 3.8) is 0 Å². The molecule has 0 heterocycles. The average Bonchev–Trinajstić information content (AvgIpc) is 2.18. The number of hydrogen-bond acceptors (Lipinski definition) is 3. The number of halogens is 1. The number of nitrogens with two attached hydrogens (primary N) is 2. The predicted molar refractivity (Wildman–Crippen MR) is 61.3 cm³/mol. The Bertz CT molecular complexity index is 252. The van der Waals surface area contributed by atoms with Gasteiger partial charge in [0.15, 0.2) is 0 Å². The van der Waals surface area contributed by atoms with Crippen molar-refractivity contribution in [3.8, 4) is 0 Å². The molecule has 5 N–H and O–H groups in total. The Hall–Kier alpha value is -0.770. The van der Waals surface area contributed by atoms with Gasteiger partial charge in [0.25, 0.3) is 0 Å². The van der Waals surface area contributed by atoms with Crippen LogP contribution in [0.25, 0.3) is 0 Å². The quantitative estimate of drug-likeness (QED) is 0.518. The SMILES string of the molecule is CC(Cl)c1ccccc1N.NCCO. The number of benzene rings is 1. The van der Waals surface area contributed by atoms with Crippen LogP contribution in [0.15, 0.2) is 24.3 Å². The molecule has 0 aliphatic carbocycles. The zero-order valence-corrected chi connectivity index (χ0v) is 9.04. The van der Waals surface area contributed by atoms with E-state index in [0.717, 1.165) is 11.3 Å². The molecule has 0 aliphatic rings. The molecular weight excluding hydrogens is 200 g/mol. The summed E-state index contributed by atoms with van der Waals surface area (Å²) < 4.78 is 0. The summed E-state index contributed by atoms with van der Waals surface area (Å²) in [4.78, 5) is 0. The van der Waals surface area contributed by atoms with E-state index in [4.69, 9.17) is 28.2 Å². The molecule has 1 atom stereocenters. The van der Waals surface area contributed by atoms with E-state index in [1.165, 1.54) is 0 Å². The summed E-state index contributed by atoms with van der Waals surface area (Å²) in [5, 5.41) is 7.75. The Kier molecular flexibility index (Phi) is 7.20. The predicted octanol–water partition coefficient (Wildman–Crippen LogP) is 1.51. The summed E-state index contributed by atoms with van der Waals surface area (Å²) >= 11 is 5.83. The standard InChI is InChI=1S/C8H10ClN.C2H7NO/c1-6(9)7-4-2-3-5-8(7)10;3-1-2-4/h2-6H,10H2,1H3;4H,1-3H2. The molecule has 14 heavy (non-hydrogen) atoms. The molecule has 3 nitrogen and oxygen atoms in total. The van der Waals surface area contributed by atoms with Gasteiger partial charge in [0.05, 0.1) is 12.0 Å². The molecule has 0 aromatic heterocycles. The highest BCUT2D eigenvalue weighted by Gasteiger charge is 2.02. The van der Waals surface area contributed by atoms with Crippen LogP contribution in [0.2, 0.25) is 0 Å². The van der Waals surface area contributed by atoms with Gasteiger partial charge in [0.1, 0.15) is 0 Å². The monoisotopic (exact) mass is 216 g/mol. The summed E-state index contributed by atoms with van der Waals surface area (Å²) in [5.74, 6) is 0. The van der Waals surface area contributed by atoms with Gasteiger partial charge >= 0.3 is 0 Å². The summed E-state index contributed by atoms with van der Waals surface area (Å²) in [7, 11) is 0. The van der Waals surface area contributed by atoms with Gasteiger partial charge in [-0.1, -0.05) is 18.2 Å². The minimum absolute atomic E-state index is 0.00111. The van der Waals surface area contributed by atoms with Crippen LogP contribution in [0, 0.1) is 0 Å². The van der Waals surface area contributed by atoms with E-state index >= 15 is 0 Å². The van der Waals surface area contributed by atoms with Crippen LogP contribution in [0.4, 0.5) is 5.69 Å². The molecule has 0 fully saturated rings. The lowest BCUT2D eigenvalue weighted by atomic mass is 10.1. The largest absolute Gasteiger partial charge is 0.398 e. The number of hydrogen-bond donors (Lipinski definition) is 3. The Balaban J connectivity index is 0.000000364. The number of anilines is 1. The van der Waals surface area contributed by atoms with Crippen LogP contribution in [-0.4, -0.2) is 18.3 Å². The van der Waals surface area contributed by atoms with E-state index in [1.54, 1.807) is 0 Å². The fraction of sp³-hybridized carbons (Fsp3) is 0.400. The number of aliphatic hydroxyl groups excluding tert-OH is 1. The second-order valence-corrected chi connectivity index (χ2v) is 3.41. The minimum Gasteiger partial charge on any atom is -0.398 e. The van der Waals surface area contributed by atoms with E-state index in [2.05, 4.69) is 0 Å². The Morgan fingerprint density at radius 1 is 1.43 bits per heavy atom. The normalized spacial score (nSPS) is 11.4. The van der Waals surface area contributed by atoms with Gasteiger partial charge < -0.3 is 16.6 Å². The third kappa shape index (κ3) is 5.07. The second kappa shape index (κ2) is 7.62. The second-order valence-electron chi connectivity index (χ2n) is 2.76. The Morgan fingerprint density at radius 3 is 2.21 bits per heavy atom. The van der Waals surface area contributed by atoms with E-state index < -0.39 is 0 Å². The van der Waals surface area contributed by atoms with Gasteiger partial charge in [-0.25, -0.2) is 0 Å². The van der Waals surface area contributed by atoms with Crippen molar-refractivity contribution >= 4 is 17.3 Å². The van der Waals surface area contributed by atoms with Gasteiger partial charge in [-0.2, -0.15) is 0 Å². The van der Waals surface area contributed by atoms with Crippen LogP contribution in [0.3, 0.4) is 0 Å². The fourth-order valence-electron chi connectivity index (χ4n) is 0.873. The molecule has 0 bridgehead atoms. The summed E-state index contributed by atoms with van der Waals surface area (Å²) in [6.45, 7) is 2.38. The third-order valence-electron chi connectivity index (χ3n) is 1.55. The highest BCUT2D eigenvalue weighted by molar-refractivity contribution is 6.20. The highest BCUT2D eigenvalue weighted by Crippen LogP contribution is 2.24. The Labute approximate surface area is 89.7 Å². The summed E-state index contributed by atoms with van der Waals surface area (Å²) in [5.41, 5.74) is 12.2. The Morgan fingerprint density at radius 2 is 1.93 bits per heavy atom. The van der Waals surface area contributed by atoms with Gasteiger partial charge in [0.2, 0.25) is 0 Å². The van der Waals surface area contributed by atoms with Crippen LogP contribution < -0.4 is 11.5 Å². The first-order valence-electron chi connectivity index (χ1n) is 4.42. The molecule has 0 aliphatic heterocycles. The lowest BCUT2D eigenvalue weighted by Gasteiger charge is -2.05. The number of nitrogen functional groups attached to an aromatic ring is 1. The molecule has 1 aromatic rings. The zero-order chi connectivity index (χ0) is 11.0. The van der Waals surface area contributed by atoms with Gasteiger partial charge in [-0.05, 0) is 18.6 Å². The molecule has 80 valence electrons. The zero-order valence-electron chi connectivity index (χ0n) is 8.28. The average molecular weight is 217 g/mol. The van der Waals surface area contributed by atoms with Crippen molar-refractivity contribution in [2.75, 3.05) is 18.9 Å². The minimum atomic E-state index is 0.00111. The van der Waals surface area contributed by atoms with Crippen molar-refractivity contribution in [2.24, 2.45) is 5.73 Å².